The molecule has 54 valence electrons. The Hall–Kier alpha value is -0.810. The zero-order valence-electron chi connectivity index (χ0n) is 5.00. The highest BCUT2D eigenvalue weighted by Crippen LogP contribution is 1.74. The molecule has 0 rings (SSSR count). The summed E-state index contributed by atoms with van der Waals surface area (Å²) in [6, 6.07) is -1.08. The van der Waals surface area contributed by atoms with E-state index in [4.69, 9.17) is 16.6 Å². The van der Waals surface area contributed by atoms with Crippen LogP contribution in [0.25, 0.3) is 0 Å². The van der Waals surface area contributed by atoms with E-state index in [1.807, 2.05) is 0 Å². The number of nitrogens with one attached hydrogen (secondary N) is 1. The molecule has 0 aliphatic heterocycles. The molecule has 0 bridgehead atoms. The van der Waals surface area contributed by atoms with Crippen molar-refractivity contribution in [2.24, 2.45) is 11.5 Å². The molecule has 6 N–H and O–H groups in total. The van der Waals surface area contributed by atoms with Gasteiger partial charge in [-0.15, -0.1) is 0 Å². The number of nitrogens with two attached hydrogens (primary N) is 2. The Morgan fingerprint density at radius 1 is 1.78 bits per heavy atom. The fraction of sp³-hybridized carbons (Fsp3) is 0.750. The third kappa shape index (κ3) is 3.75. The van der Waals surface area contributed by atoms with E-state index in [-0.39, 0.29) is 13.2 Å². The average molecular weight is 133 g/mol. The molecule has 0 spiro atoms. The van der Waals surface area contributed by atoms with E-state index < -0.39 is 12.1 Å². The third-order valence-corrected chi connectivity index (χ3v) is 0.851. The molecule has 0 aromatic carbocycles. The first-order valence-corrected chi connectivity index (χ1v) is 2.57. The van der Waals surface area contributed by atoms with Crippen LogP contribution in [0.1, 0.15) is 0 Å². The molecule has 9 heavy (non-hydrogen) atoms. The van der Waals surface area contributed by atoms with Crippen LogP contribution in [-0.2, 0) is 0 Å². The van der Waals surface area contributed by atoms with E-state index in [1.165, 1.54) is 0 Å². The highest BCUT2D eigenvalue weighted by Gasteiger charge is 2.04. The molecule has 2 amide bonds. The summed E-state index contributed by atoms with van der Waals surface area (Å²) in [5.74, 6) is 0. The van der Waals surface area contributed by atoms with Gasteiger partial charge in [0.25, 0.3) is 0 Å². The molecule has 0 saturated heterocycles. The molecule has 1 atom stereocenters. The van der Waals surface area contributed by atoms with Gasteiger partial charge in [0.15, 0.2) is 0 Å². The molecule has 1 unspecified atom stereocenters. The van der Waals surface area contributed by atoms with Gasteiger partial charge in [-0.05, 0) is 0 Å². The van der Waals surface area contributed by atoms with Crippen molar-refractivity contribution in [3.05, 3.63) is 0 Å². The lowest BCUT2D eigenvalue weighted by molar-refractivity contribution is 0.224. The number of carbonyl (C=O) groups excluding carboxylic acids is 1. The van der Waals surface area contributed by atoms with Crippen LogP contribution < -0.4 is 16.8 Å². The van der Waals surface area contributed by atoms with Gasteiger partial charge in [0.1, 0.15) is 0 Å². The van der Waals surface area contributed by atoms with Crippen LogP contribution >= 0.6 is 0 Å². The van der Waals surface area contributed by atoms with Crippen LogP contribution in [0.4, 0.5) is 4.79 Å². The number of hydrogen-bond donors (Lipinski definition) is 4. The summed E-state index contributed by atoms with van der Waals surface area (Å²) in [5.41, 5.74) is 9.83. The van der Waals surface area contributed by atoms with Gasteiger partial charge >= 0.3 is 6.03 Å². The summed E-state index contributed by atoms with van der Waals surface area (Å²) < 4.78 is 0. The highest BCUT2D eigenvalue weighted by atomic mass is 16.3. The minimum atomic E-state index is -0.667. The van der Waals surface area contributed by atoms with Gasteiger partial charge in [0.05, 0.1) is 12.6 Å². The largest absolute Gasteiger partial charge is 0.394 e. The lowest BCUT2D eigenvalue weighted by atomic mass is 10.3. The van der Waals surface area contributed by atoms with Crippen molar-refractivity contribution >= 4 is 6.03 Å². The number of carbonyl (C=O) groups is 1. The number of aliphatic hydroxyl groups is 1. The van der Waals surface area contributed by atoms with Gasteiger partial charge in [-0.25, -0.2) is 4.79 Å². The quantitative estimate of drug-likeness (QED) is 0.357. The lowest BCUT2D eigenvalue weighted by Gasteiger charge is -2.10. The molecule has 0 heterocycles. The summed E-state index contributed by atoms with van der Waals surface area (Å²) in [4.78, 5) is 10.1. The molecular formula is C4H11N3O2. The van der Waals surface area contributed by atoms with E-state index in [0.717, 1.165) is 0 Å². The minimum absolute atomic E-state index is 0.181. The smallest absolute Gasteiger partial charge is 0.312 e. The fourth-order valence-corrected chi connectivity index (χ4v) is 0.380. The summed E-state index contributed by atoms with van der Waals surface area (Å²) >= 11 is 0. The van der Waals surface area contributed by atoms with Crippen LogP contribution in [0.5, 0.6) is 0 Å². The van der Waals surface area contributed by atoms with Crippen molar-refractivity contribution in [3.8, 4) is 0 Å². The van der Waals surface area contributed by atoms with Crippen molar-refractivity contribution in [2.75, 3.05) is 13.2 Å². The Balaban J connectivity index is 3.43. The predicted octanol–water partition coefficient (Wildman–Crippen LogP) is -2.03. The van der Waals surface area contributed by atoms with E-state index in [1.54, 1.807) is 0 Å². The molecule has 0 aliphatic carbocycles. The molecule has 0 radical (unpaired) electrons. The molecule has 0 fully saturated rings. The third-order valence-electron chi connectivity index (χ3n) is 0.851. The first-order valence-electron chi connectivity index (χ1n) is 2.57. The lowest BCUT2D eigenvalue weighted by Crippen LogP contribution is -2.45. The maximum absolute atomic E-state index is 10.1. The molecule has 0 aromatic heterocycles. The number of urea groups is 1. The van der Waals surface area contributed by atoms with Crippen LogP contribution in [0, 0.1) is 0 Å². The number of primary amides is 1. The number of amides is 2. The number of aliphatic hydroxyl groups excluding tert-OH is 1. The van der Waals surface area contributed by atoms with Crippen LogP contribution in [-0.4, -0.2) is 30.3 Å². The summed E-state index contributed by atoms with van der Waals surface area (Å²) in [7, 11) is 0. The SMILES string of the molecule is NCC(CO)NC(N)=O. The predicted molar refractivity (Wildman–Crippen MR) is 32.6 cm³/mol. The van der Waals surface area contributed by atoms with Gasteiger partial charge in [0, 0.05) is 6.54 Å². The number of hydrogen-bond acceptors (Lipinski definition) is 3. The van der Waals surface area contributed by atoms with Crippen molar-refractivity contribution in [1.29, 1.82) is 0 Å². The first kappa shape index (κ1) is 8.19. The van der Waals surface area contributed by atoms with E-state index in [9.17, 15) is 4.79 Å². The van der Waals surface area contributed by atoms with Crippen LogP contribution in [0.3, 0.4) is 0 Å². The van der Waals surface area contributed by atoms with Crippen LogP contribution in [0.2, 0.25) is 0 Å². The summed E-state index contributed by atoms with van der Waals surface area (Å²) in [6.07, 6.45) is 0. The second kappa shape index (κ2) is 4.11. The zero-order chi connectivity index (χ0) is 7.28. The van der Waals surface area contributed by atoms with Crippen LogP contribution in [0.15, 0.2) is 0 Å². The summed E-state index contributed by atoms with van der Waals surface area (Å²) in [5, 5.41) is 10.7. The van der Waals surface area contributed by atoms with E-state index in [2.05, 4.69) is 5.32 Å². The highest BCUT2D eigenvalue weighted by molar-refractivity contribution is 5.71. The minimum Gasteiger partial charge on any atom is -0.394 e. The second-order valence-corrected chi connectivity index (χ2v) is 1.62. The van der Waals surface area contributed by atoms with Crippen molar-refractivity contribution in [2.45, 2.75) is 6.04 Å². The van der Waals surface area contributed by atoms with Gasteiger partial charge in [0.2, 0.25) is 0 Å². The van der Waals surface area contributed by atoms with Gasteiger partial charge in [-0.3, -0.25) is 0 Å². The standard InChI is InChI=1S/C4H11N3O2/c5-1-3(2-8)7-4(6)9/h3,8H,1-2,5H2,(H3,6,7,9). The first-order chi connectivity index (χ1) is 4.20. The Morgan fingerprint density at radius 2 is 2.33 bits per heavy atom. The molecular weight excluding hydrogens is 122 g/mol. The van der Waals surface area contributed by atoms with Gasteiger partial charge < -0.3 is 21.9 Å². The maximum Gasteiger partial charge on any atom is 0.312 e. The van der Waals surface area contributed by atoms with Gasteiger partial charge in [-0.2, -0.15) is 0 Å². The number of rotatable bonds is 3. The van der Waals surface area contributed by atoms with E-state index in [0.29, 0.717) is 0 Å². The topological polar surface area (TPSA) is 101 Å². The normalized spacial score (nSPS) is 12.7. The molecule has 0 saturated carbocycles. The van der Waals surface area contributed by atoms with Crippen molar-refractivity contribution < 1.29 is 9.90 Å². The Bertz CT molecular complexity index is 91.8. The average Bonchev–Trinajstić information content (AvgIpc) is 1.82. The Morgan fingerprint density at radius 3 is 2.44 bits per heavy atom. The maximum atomic E-state index is 10.1. The molecule has 5 heteroatoms. The van der Waals surface area contributed by atoms with Crippen molar-refractivity contribution in [1.82, 2.24) is 5.32 Å². The Kier molecular flexibility index (Phi) is 3.74. The van der Waals surface area contributed by atoms with Gasteiger partial charge in [-0.1, -0.05) is 0 Å². The monoisotopic (exact) mass is 133 g/mol. The molecule has 0 aliphatic rings. The second-order valence-electron chi connectivity index (χ2n) is 1.62. The van der Waals surface area contributed by atoms with E-state index >= 15 is 0 Å². The molecule has 5 nitrogen and oxygen atoms in total. The summed E-state index contributed by atoms with van der Waals surface area (Å²) in [6.45, 7) is 0.0128. The van der Waals surface area contributed by atoms with Crippen molar-refractivity contribution in [3.63, 3.8) is 0 Å². The molecule has 0 aromatic rings. The zero-order valence-corrected chi connectivity index (χ0v) is 5.00. The fourth-order valence-electron chi connectivity index (χ4n) is 0.380. The Labute approximate surface area is 53.0 Å².